The van der Waals surface area contributed by atoms with E-state index in [1.807, 2.05) is 19.3 Å². The highest BCUT2D eigenvalue weighted by Gasteiger charge is 2.23. The summed E-state index contributed by atoms with van der Waals surface area (Å²) in [6.45, 7) is 5.59. The first kappa shape index (κ1) is 13.1. The molecule has 0 aromatic carbocycles. The number of nitrogens with zero attached hydrogens (tertiary/aromatic N) is 4. The molecule has 100 valence electrons. The van der Waals surface area contributed by atoms with E-state index in [0.29, 0.717) is 12.0 Å². The van der Waals surface area contributed by atoms with E-state index in [4.69, 9.17) is 0 Å². The van der Waals surface area contributed by atoms with Gasteiger partial charge >= 0.3 is 0 Å². The van der Waals surface area contributed by atoms with Gasteiger partial charge in [0.15, 0.2) is 0 Å². The van der Waals surface area contributed by atoms with Crippen molar-refractivity contribution in [2.45, 2.75) is 25.8 Å². The molecule has 5 nitrogen and oxygen atoms in total. The van der Waals surface area contributed by atoms with E-state index < -0.39 is 0 Å². The van der Waals surface area contributed by atoms with Gasteiger partial charge in [0.1, 0.15) is 5.82 Å². The molecule has 1 saturated heterocycles. The lowest BCUT2D eigenvalue weighted by Crippen LogP contribution is -2.40. The molecule has 1 unspecified atom stereocenters. The van der Waals surface area contributed by atoms with E-state index >= 15 is 0 Å². The Morgan fingerprint density at radius 3 is 3.00 bits per heavy atom. The number of aromatic nitrogens is 2. The summed E-state index contributed by atoms with van der Waals surface area (Å²) >= 11 is 0. The van der Waals surface area contributed by atoms with Crippen LogP contribution in [-0.2, 0) is 0 Å². The van der Waals surface area contributed by atoms with Crippen molar-refractivity contribution in [1.82, 2.24) is 14.9 Å². The fraction of sp³-hybridized carbons (Fsp3) is 0.692. The molecule has 1 aromatic rings. The molecule has 1 atom stereocenters. The molecule has 0 aliphatic carbocycles. The topological polar surface area (TPSA) is 44.3 Å². The molecule has 0 amide bonds. The molecule has 1 fully saturated rings. The molecule has 18 heavy (non-hydrogen) atoms. The predicted octanol–water partition coefficient (Wildman–Crippen LogP) is 1.44. The number of hydrogen-bond acceptors (Lipinski definition) is 5. The lowest BCUT2D eigenvalue weighted by Gasteiger charge is -2.31. The molecule has 0 saturated carbocycles. The van der Waals surface area contributed by atoms with E-state index in [-0.39, 0.29) is 0 Å². The van der Waals surface area contributed by atoms with Crippen LogP contribution in [0.5, 0.6) is 0 Å². The molecular weight excluding hydrogens is 226 g/mol. The average Bonchev–Trinajstić information content (AvgIpc) is 2.60. The number of hydrogen-bond donors (Lipinski definition) is 1. The summed E-state index contributed by atoms with van der Waals surface area (Å²) in [5.74, 6) is 1.73. The Balaban J connectivity index is 2.22. The maximum Gasteiger partial charge on any atom is 0.224 e. The first-order valence-corrected chi connectivity index (χ1v) is 6.70. The van der Waals surface area contributed by atoms with Crippen molar-refractivity contribution in [3.05, 3.63) is 12.3 Å². The lowest BCUT2D eigenvalue weighted by molar-refractivity contribution is 0.327. The summed E-state index contributed by atoms with van der Waals surface area (Å²) in [5.41, 5.74) is 0. The van der Waals surface area contributed by atoms with Crippen LogP contribution in [0.3, 0.4) is 0 Å². The van der Waals surface area contributed by atoms with Crippen molar-refractivity contribution < 1.29 is 0 Å². The smallest absolute Gasteiger partial charge is 0.224 e. The van der Waals surface area contributed by atoms with Crippen molar-refractivity contribution in [3.8, 4) is 0 Å². The lowest BCUT2D eigenvalue weighted by atomic mass is 10.2. The van der Waals surface area contributed by atoms with Crippen LogP contribution in [0.2, 0.25) is 0 Å². The molecule has 1 N–H and O–H groups in total. The van der Waals surface area contributed by atoms with Gasteiger partial charge in [0.2, 0.25) is 5.95 Å². The van der Waals surface area contributed by atoms with Crippen LogP contribution in [0.15, 0.2) is 12.3 Å². The first-order chi connectivity index (χ1) is 8.74. The summed E-state index contributed by atoms with van der Waals surface area (Å²) in [5, 5.41) is 3.00. The largest absolute Gasteiger partial charge is 0.357 e. The first-order valence-electron chi connectivity index (χ1n) is 6.70. The van der Waals surface area contributed by atoms with Crippen LogP contribution in [0.4, 0.5) is 11.8 Å². The standard InChI is InChI=1S/C13H23N5/c1-4-11-10-17(3)8-5-9-18(11)12-6-7-15-13(14-2)16-12/h6-7,11H,4-5,8-10H2,1-3H3,(H,14,15,16). The molecule has 0 spiro atoms. The van der Waals surface area contributed by atoms with Gasteiger partial charge in [-0.05, 0) is 32.5 Å². The summed E-state index contributed by atoms with van der Waals surface area (Å²) in [4.78, 5) is 13.6. The Hall–Kier alpha value is -1.36. The second-order valence-electron chi connectivity index (χ2n) is 4.86. The molecule has 5 heteroatoms. The van der Waals surface area contributed by atoms with Crippen molar-refractivity contribution in [2.24, 2.45) is 0 Å². The van der Waals surface area contributed by atoms with Crippen LogP contribution in [0.1, 0.15) is 19.8 Å². The zero-order valence-electron chi connectivity index (χ0n) is 11.6. The van der Waals surface area contributed by atoms with Crippen LogP contribution in [0, 0.1) is 0 Å². The third-order valence-electron chi connectivity index (χ3n) is 3.53. The van der Waals surface area contributed by atoms with E-state index in [1.54, 1.807) is 0 Å². The van der Waals surface area contributed by atoms with Gasteiger partial charge in [-0.3, -0.25) is 0 Å². The summed E-state index contributed by atoms with van der Waals surface area (Å²) in [6.07, 6.45) is 4.16. The van der Waals surface area contributed by atoms with Gasteiger partial charge < -0.3 is 15.1 Å². The van der Waals surface area contributed by atoms with Gasteiger partial charge in [-0.15, -0.1) is 0 Å². The Morgan fingerprint density at radius 1 is 1.44 bits per heavy atom. The van der Waals surface area contributed by atoms with Gasteiger partial charge in [0.25, 0.3) is 0 Å². The second kappa shape index (κ2) is 6.00. The highest BCUT2D eigenvalue weighted by molar-refractivity contribution is 5.43. The summed E-state index contributed by atoms with van der Waals surface area (Å²) in [6, 6.07) is 2.55. The molecule has 0 radical (unpaired) electrons. The molecule has 1 aliphatic heterocycles. The SMILES string of the molecule is CCC1CN(C)CCCN1c1ccnc(NC)n1. The number of likely N-dealkylation sites (N-methyl/N-ethyl adjacent to an activating group) is 1. The van der Waals surface area contributed by atoms with E-state index in [9.17, 15) is 0 Å². The number of anilines is 2. The van der Waals surface area contributed by atoms with Crippen molar-refractivity contribution in [2.75, 3.05) is 43.9 Å². The van der Waals surface area contributed by atoms with Crippen LogP contribution < -0.4 is 10.2 Å². The van der Waals surface area contributed by atoms with Gasteiger partial charge in [0, 0.05) is 32.4 Å². The second-order valence-corrected chi connectivity index (χ2v) is 4.86. The minimum absolute atomic E-state index is 0.539. The molecule has 0 bridgehead atoms. The minimum Gasteiger partial charge on any atom is -0.357 e. The van der Waals surface area contributed by atoms with Gasteiger partial charge in [0.05, 0.1) is 0 Å². The van der Waals surface area contributed by atoms with Crippen LogP contribution >= 0.6 is 0 Å². The summed E-state index contributed by atoms with van der Waals surface area (Å²) < 4.78 is 0. The number of nitrogens with one attached hydrogen (secondary N) is 1. The van der Waals surface area contributed by atoms with Gasteiger partial charge in [-0.1, -0.05) is 6.92 Å². The van der Waals surface area contributed by atoms with E-state index in [1.165, 1.54) is 6.42 Å². The van der Waals surface area contributed by atoms with Crippen LogP contribution in [-0.4, -0.2) is 54.6 Å². The van der Waals surface area contributed by atoms with Crippen molar-refractivity contribution in [1.29, 1.82) is 0 Å². The quantitative estimate of drug-likeness (QED) is 0.878. The fourth-order valence-electron chi connectivity index (χ4n) is 2.52. The summed E-state index contributed by atoms with van der Waals surface area (Å²) in [7, 11) is 4.05. The Morgan fingerprint density at radius 2 is 2.28 bits per heavy atom. The Kier molecular flexibility index (Phi) is 4.36. The van der Waals surface area contributed by atoms with Crippen LogP contribution in [0.25, 0.3) is 0 Å². The van der Waals surface area contributed by atoms with Gasteiger partial charge in [-0.25, -0.2) is 4.98 Å². The van der Waals surface area contributed by atoms with Gasteiger partial charge in [-0.2, -0.15) is 4.98 Å². The molecule has 2 heterocycles. The normalized spacial score (nSPS) is 21.7. The third kappa shape index (κ3) is 2.90. The minimum atomic E-state index is 0.539. The third-order valence-corrected chi connectivity index (χ3v) is 3.53. The highest BCUT2D eigenvalue weighted by Crippen LogP contribution is 2.20. The molecule has 1 aromatic heterocycles. The highest BCUT2D eigenvalue weighted by atomic mass is 15.3. The zero-order valence-corrected chi connectivity index (χ0v) is 11.6. The average molecular weight is 249 g/mol. The van der Waals surface area contributed by atoms with Crippen molar-refractivity contribution >= 4 is 11.8 Å². The maximum absolute atomic E-state index is 4.56. The Bertz CT molecular complexity index is 381. The molecule has 2 rings (SSSR count). The predicted molar refractivity (Wildman–Crippen MR) is 75.1 cm³/mol. The molecule has 1 aliphatic rings. The molecular formula is C13H23N5. The Labute approximate surface area is 109 Å². The van der Waals surface area contributed by atoms with Crippen molar-refractivity contribution in [3.63, 3.8) is 0 Å². The van der Waals surface area contributed by atoms with E-state index in [2.05, 4.69) is 39.1 Å². The van der Waals surface area contributed by atoms with E-state index in [0.717, 1.165) is 31.9 Å². The fourth-order valence-corrected chi connectivity index (χ4v) is 2.52. The number of rotatable bonds is 3. The maximum atomic E-state index is 4.56. The monoisotopic (exact) mass is 249 g/mol. The zero-order chi connectivity index (χ0) is 13.0.